The predicted octanol–water partition coefficient (Wildman–Crippen LogP) is 1.49. The van der Waals surface area contributed by atoms with Crippen molar-refractivity contribution in [1.82, 2.24) is 19.7 Å². The number of pyridine rings is 1. The van der Waals surface area contributed by atoms with Gasteiger partial charge in [0.1, 0.15) is 11.6 Å². The highest BCUT2D eigenvalue weighted by Crippen LogP contribution is 2.30. The summed E-state index contributed by atoms with van der Waals surface area (Å²) in [6.07, 6.45) is 2.96. The quantitative estimate of drug-likeness (QED) is 0.671. The molecule has 10 heteroatoms. The minimum absolute atomic E-state index is 0.0533. The average molecular weight is 459 g/mol. The van der Waals surface area contributed by atoms with E-state index in [1.807, 2.05) is 20.8 Å². The lowest BCUT2D eigenvalue weighted by Crippen LogP contribution is -2.52. The Bertz CT molecular complexity index is 1080. The molecule has 0 spiro atoms. The van der Waals surface area contributed by atoms with Gasteiger partial charge in [-0.15, -0.1) is 0 Å². The van der Waals surface area contributed by atoms with E-state index in [9.17, 15) is 24.0 Å². The van der Waals surface area contributed by atoms with Crippen LogP contribution in [0.2, 0.25) is 0 Å². The van der Waals surface area contributed by atoms with E-state index in [0.717, 1.165) is 0 Å². The molecule has 4 heterocycles. The zero-order valence-electron chi connectivity index (χ0n) is 19.5. The Morgan fingerprint density at radius 2 is 1.76 bits per heavy atom. The van der Waals surface area contributed by atoms with Crippen LogP contribution in [0.15, 0.2) is 11.0 Å². The van der Waals surface area contributed by atoms with Crippen LogP contribution in [-0.2, 0) is 20.9 Å². The Morgan fingerprint density at radius 3 is 2.36 bits per heavy atom. The summed E-state index contributed by atoms with van der Waals surface area (Å²) in [5, 5.41) is 2.28. The van der Waals surface area contributed by atoms with Crippen molar-refractivity contribution in [3.05, 3.63) is 33.2 Å². The second-order valence-corrected chi connectivity index (χ2v) is 9.98. The molecule has 0 radical (unpaired) electrons. The predicted molar refractivity (Wildman–Crippen MR) is 118 cm³/mol. The Kier molecular flexibility index (Phi) is 5.79. The molecule has 3 aliphatic rings. The first-order chi connectivity index (χ1) is 15.5. The Morgan fingerprint density at radius 1 is 1.09 bits per heavy atom. The molecular formula is C23H30N4O6. The van der Waals surface area contributed by atoms with Gasteiger partial charge < -0.3 is 19.1 Å². The van der Waals surface area contributed by atoms with Gasteiger partial charge >= 0.3 is 6.09 Å². The minimum Gasteiger partial charge on any atom is -0.444 e. The molecule has 3 aliphatic heterocycles. The molecule has 2 fully saturated rings. The molecule has 2 saturated heterocycles. The van der Waals surface area contributed by atoms with E-state index in [-0.39, 0.29) is 48.9 Å². The molecular weight excluding hydrogens is 428 g/mol. The van der Waals surface area contributed by atoms with Crippen LogP contribution in [-0.4, -0.2) is 62.9 Å². The lowest BCUT2D eigenvalue weighted by molar-refractivity contribution is -0.136. The molecule has 0 bridgehead atoms. The number of hydrogen-bond donors (Lipinski definition) is 1. The molecule has 4 amide bonds. The first kappa shape index (κ1) is 23.0. The molecule has 1 N–H and O–H groups in total. The molecule has 1 aromatic heterocycles. The maximum Gasteiger partial charge on any atom is 0.410 e. The first-order valence-electron chi connectivity index (χ1n) is 11.3. The lowest BCUT2D eigenvalue weighted by Gasteiger charge is -2.34. The van der Waals surface area contributed by atoms with Crippen LogP contribution in [0.1, 0.15) is 74.0 Å². The standard InChI is InChI=1S/C23H30N4O6/c1-13-11-26(14-7-9-25(10-8-14)22(32)33-23(2,3)4)20(30)15-12-27(21(31)18(13)15)16-5-6-17(28)24-19(16)29/h11,14,16H,5-10,12H2,1-4H3,(H,24,28,29)/t16-/m0/s1. The number of rotatable bonds is 2. The van der Waals surface area contributed by atoms with E-state index in [2.05, 4.69) is 5.32 Å². The van der Waals surface area contributed by atoms with Gasteiger partial charge in [-0.3, -0.25) is 24.5 Å². The number of nitrogens with one attached hydrogen (secondary N) is 1. The first-order valence-corrected chi connectivity index (χ1v) is 11.3. The zero-order valence-corrected chi connectivity index (χ0v) is 19.5. The van der Waals surface area contributed by atoms with Crippen molar-refractivity contribution < 1.29 is 23.9 Å². The van der Waals surface area contributed by atoms with Gasteiger partial charge in [-0.1, -0.05) is 0 Å². The van der Waals surface area contributed by atoms with Crippen LogP contribution in [0, 0.1) is 6.92 Å². The van der Waals surface area contributed by atoms with Crippen molar-refractivity contribution in [1.29, 1.82) is 0 Å². The van der Waals surface area contributed by atoms with Crippen molar-refractivity contribution in [2.75, 3.05) is 13.1 Å². The molecule has 1 atom stereocenters. The molecule has 10 nitrogen and oxygen atoms in total. The van der Waals surface area contributed by atoms with E-state index in [0.29, 0.717) is 42.6 Å². The number of aromatic nitrogens is 1. The molecule has 4 rings (SSSR count). The Balaban J connectivity index is 1.52. The number of carbonyl (C=O) groups is 4. The summed E-state index contributed by atoms with van der Waals surface area (Å²) in [4.78, 5) is 65.6. The number of imide groups is 1. The second kappa shape index (κ2) is 8.31. The number of amides is 4. The van der Waals surface area contributed by atoms with Gasteiger partial charge in [-0.25, -0.2) is 4.79 Å². The molecule has 0 aliphatic carbocycles. The van der Waals surface area contributed by atoms with Gasteiger partial charge in [0.2, 0.25) is 11.8 Å². The maximum atomic E-state index is 13.3. The minimum atomic E-state index is -0.757. The number of aryl methyl sites for hydroxylation is 1. The van der Waals surface area contributed by atoms with Crippen molar-refractivity contribution >= 4 is 23.8 Å². The van der Waals surface area contributed by atoms with Crippen molar-refractivity contribution in [3.8, 4) is 0 Å². The van der Waals surface area contributed by atoms with Crippen LogP contribution < -0.4 is 10.9 Å². The molecule has 0 saturated carbocycles. The fraction of sp³-hybridized carbons (Fsp3) is 0.609. The fourth-order valence-corrected chi connectivity index (χ4v) is 4.82. The smallest absolute Gasteiger partial charge is 0.410 e. The molecule has 1 aromatic rings. The van der Waals surface area contributed by atoms with E-state index < -0.39 is 17.6 Å². The fourth-order valence-electron chi connectivity index (χ4n) is 4.82. The number of carbonyl (C=O) groups excluding carboxylic acids is 4. The number of fused-ring (bicyclic) bond motifs is 1. The van der Waals surface area contributed by atoms with Crippen LogP contribution in [0.5, 0.6) is 0 Å². The molecule has 0 aromatic carbocycles. The summed E-state index contributed by atoms with van der Waals surface area (Å²) in [6.45, 7) is 8.26. The van der Waals surface area contributed by atoms with Crippen molar-refractivity contribution in [3.63, 3.8) is 0 Å². The second-order valence-electron chi connectivity index (χ2n) is 9.98. The van der Waals surface area contributed by atoms with E-state index in [1.165, 1.54) is 4.90 Å². The molecule has 178 valence electrons. The van der Waals surface area contributed by atoms with E-state index in [4.69, 9.17) is 4.74 Å². The van der Waals surface area contributed by atoms with E-state index >= 15 is 0 Å². The van der Waals surface area contributed by atoms with Crippen LogP contribution in [0.3, 0.4) is 0 Å². The monoisotopic (exact) mass is 458 g/mol. The number of nitrogens with zero attached hydrogens (tertiary/aromatic N) is 3. The van der Waals surface area contributed by atoms with Gasteiger partial charge in [-0.05, 0) is 52.5 Å². The van der Waals surface area contributed by atoms with Gasteiger partial charge in [0.05, 0.1) is 12.1 Å². The summed E-state index contributed by atoms with van der Waals surface area (Å²) in [5.41, 5.74) is 0.614. The maximum absolute atomic E-state index is 13.3. The summed E-state index contributed by atoms with van der Waals surface area (Å²) >= 11 is 0. The summed E-state index contributed by atoms with van der Waals surface area (Å²) in [7, 11) is 0. The van der Waals surface area contributed by atoms with Crippen molar-refractivity contribution in [2.24, 2.45) is 0 Å². The largest absolute Gasteiger partial charge is 0.444 e. The number of hydrogen-bond acceptors (Lipinski definition) is 6. The highest BCUT2D eigenvalue weighted by molar-refractivity contribution is 6.05. The highest BCUT2D eigenvalue weighted by Gasteiger charge is 2.41. The Hall–Kier alpha value is -3.17. The van der Waals surface area contributed by atoms with Crippen LogP contribution in [0.4, 0.5) is 4.79 Å². The van der Waals surface area contributed by atoms with Gasteiger partial charge in [0.15, 0.2) is 0 Å². The SMILES string of the molecule is Cc1cn(C2CCN(C(=O)OC(C)(C)C)CC2)c(=O)c2c1C(=O)N([C@H]1CCC(=O)NC1=O)C2. The number of likely N-dealkylation sites (tertiary alicyclic amines) is 1. The lowest BCUT2D eigenvalue weighted by atomic mass is 10.0. The normalized spacial score (nSPS) is 21.8. The summed E-state index contributed by atoms with van der Waals surface area (Å²) in [5.74, 6) is -1.20. The van der Waals surface area contributed by atoms with E-state index in [1.54, 1.807) is 22.6 Å². The van der Waals surface area contributed by atoms with Crippen LogP contribution >= 0.6 is 0 Å². The van der Waals surface area contributed by atoms with Crippen molar-refractivity contribution in [2.45, 2.75) is 77.6 Å². The number of ether oxygens (including phenoxy) is 1. The average Bonchev–Trinajstić information content (AvgIpc) is 3.07. The zero-order chi connectivity index (χ0) is 24.1. The third-order valence-corrected chi connectivity index (χ3v) is 6.42. The third kappa shape index (κ3) is 4.38. The highest BCUT2D eigenvalue weighted by atomic mass is 16.6. The topological polar surface area (TPSA) is 118 Å². The van der Waals surface area contributed by atoms with Gasteiger partial charge in [0.25, 0.3) is 11.5 Å². The Labute approximate surface area is 191 Å². The van der Waals surface area contributed by atoms with Gasteiger partial charge in [-0.2, -0.15) is 0 Å². The summed E-state index contributed by atoms with van der Waals surface area (Å²) < 4.78 is 7.11. The number of piperidine rings is 2. The molecule has 33 heavy (non-hydrogen) atoms. The van der Waals surface area contributed by atoms with Crippen LogP contribution in [0.25, 0.3) is 0 Å². The third-order valence-electron chi connectivity index (χ3n) is 6.42. The van der Waals surface area contributed by atoms with Gasteiger partial charge in [0, 0.05) is 37.3 Å². The summed E-state index contributed by atoms with van der Waals surface area (Å²) in [6, 6.07) is -0.855. The molecule has 0 unspecified atom stereocenters.